The van der Waals surface area contributed by atoms with E-state index < -0.39 is 29.0 Å². The Balaban J connectivity index is 1.38. The molecule has 1 atom stereocenters. The van der Waals surface area contributed by atoms with Crippen molar-refractivity contribution in [2.24, 2.45) is 0 Å². The molecule has 1 aliphatic carbocycles. The minimum Gasteiger partial charge on any atom is -0.504 e. The predicted octanol–water partition coefficient (Wildman–Crippen LogP) is 4.26. The van der Waals surface area contributed by atoms with Crippen LogP contribution in [-0.2, 0) is 22.9 Å². The zero-order valence-corrected chi connectivity index (χ0v) is 28.6. The van der Waals surface area contributed by atoms with Gasteiger partial charge in [-0.2, -0.15) is 22.7 Å². The summed E-state index contributed by atoms with van der Waals surface area (Å²) in [6, 6.07) is 2.65. The molecule has 1 spiro atoms. The number of hydrogen-bond acceptors (Lipinski definition) is 9. The number of anilines is 1. The van der Waals surface area contributed by atoms with Gasteiger partial charge in [-0.3, -0.25) is 14.4 Å². The Morgan fingerprint density at radius 1 is 1.20 bits per heavy atom. The van der Waals surface area contributed by atoms with Crippen LogP contribution in [0.3, 0.4) is 0 Å². The summed E-state index contributed by atoms with van der Waals surface area (Å²) in [5.41, 5.74) is -0.211. The fourth-order valence-electron chi connectivity index (χ4n) is 7.12. The van der Waals surface area contributed by atoms with E-state index in [1.807, 2.05) is 25.9 Å². The van der Waals surface area contributed by atoms with Crippen LogP contribution in [0.4, 0.5) is 18.9 Å². The summed E-state index contributed by atoms with van der Waals surface area (Å²) < 4.78 is 42.4. The van der Waals surface area contributed by atoms with Crippen molar-refractivity contribution in [3.8, 4) is 5.75 Å². The van der Waals surface area contributed by atoms with Gasteiger partial charge < -0.3 is 24.8 Å². The lowest BCUT2D eigenvalue weighted by Gasteiger charge is -2.39. The number of aromatic nitrogens is 6. The molecule has 0 bridgehead atoms. The van der Waals surface area contributed by atoms with Crippen LogP contribution in [0.2, 0.25) is 5.02 Å². The van der Waals surface area contributed by atoms with Crippen molar-refractivity contribution >= 4 is 40.5 Å². The van der Waals surface area contributed by atoms with E-state index >= 15 is 0 Å². The summed E-state index contributed by atoms with van der Waals surface area (Å²) in [4.78, 5) is 57.3. The summed E-state index contributed by atoms with van der Waals surface area (Å²) in [6.07, 6.45) is -1.99. The average Bonchev–Trinajstić information content (AvgIpc) is 3.61. The Labute approximate surface area is 289 Å². The third-order valence-corrected chi connectivity index (χ3v) is 9.70. The van der Waals surface area contributed by atoms with Crippen molar-refractivity contribution in [1.82, 2.24) is 38.9 Å². The third kappa shape index (κ3) is 6.21. The fraction of sp³-hybridized carbons (Fsp3) is 0.424. The smallest absolute Gasteiger partial charge is 0.416 e. The number of nitrogens with zero attached hydrogens (tertiary/aromatic N) is 8. The molecule has 1 saturated heterocycles. The largest absolute Gasteiger partial charge is 0.504 e. The number of carbonyl (C=O) groups excluding carboxylic acids is 2. The van der Waals surface area contributed by atoms with Crippen molar-refractivity contribution in [3.05, 3.63) is 80.5 Å². The van der Waals surface area contributed by atoms with Gasteiger partial charge in [-0.05, 0) is 64.4 Å². The van der Waals surface area contributed by atoms with Crippen LogP contribution in [0.1, 0.15) is 70.9 Å². The summed E-state index contributed by atoms with van der Waals surface area (Å²) in [6.45, 7) is 8.22. The molecule has 0 saturated carbocycles. The zero-order valence-electron chi connectivity index (χ0n) is 27.8. The highest BCUT2D eigenvalue weighted by molar-refractivity contribution is 6.33. The van der Waals surface area contributed by atoms with Crippen molar-refractivity contribution in [3.63, 3.8) is 0 Å². The molecule has 0 radical (unpaired) electrons. The van der Waals surface area contributed by atoms with Gasteiger partial charge in [-0.1, -0.05) is 25.1 Å². The number of benzene rings is 1. The second kappa shape index (κ2) is 12.8. The molecule has 4 heterocycles. The first kappa shape index (κ1) is 35.0. The van der Waals surface area contributed by atoms with E-state index in [9.17, 15) is 32.7 Å². The predicted molar refractivity (Wildman–Crippen MR) is 178 cm³/mol. The first-order valence-corrected chi connectivity index (χ1v) is 16.2. The summed E-state index contributed by atoms with van der Waals surface area (Å²) in [7, 11) is 3.70. The maximum atomic E-state index is 14.4. The van der Waals surface area contributed by atoms with E-state index in [4.69, 9.17) is 11.6 Å². The first-order chi connectivity index (χ1) is 23.5. The molecule has 50 heavy (non-hydrogen) atoms. The van der Waals surface area contributed by atoms with Gasteiger partial charge in [0, 0.05) is 41.9 Å². The molecule has 13 nitrogen and oxygen atoms in total. The number of halogens is 4. The van der Waals surface area contributed by atoms with Gasteiger partial charge in [0.1, 0.15) is 12.9 Å². The maximum absolute atomic E-state index is 14.4. The van der Waals surface area contributed by atoms with Crippen LogP contribution in [0.5, 0.6) is 5.75 Å². The molecular weight excluding hydrogens is 679 g/mol. The summed E-state index contributed by atoms with van der Waals surface area (Å²) in [5.74, 6) is -1.21. The molecule has 6 rings (SSSR count). The van der Waals surface area contributed by atoms with Crippen LogP contribution in [-0.4, -0.2) is 89.6 Å². The van der Waals surface area contributed by atoms with E-state index in [-0.39, 0.29) is 70.6 Å². The van der Waals surface area contributed by atoms with Crippen molar-refractivity contribution in [2.75, 3.05) is 39.0 Å². The van der Waals surface area contributed by atoms with E-state index in [0.717, 1.165) is 18.2 Å². The average molecular weight is 714 g/mol. The second-order valence-electron chi connectivity index (χ2n) is 13.2. The number of likely N-dealkylation sites (tertiary alicyclic amines) is 1. The molecule has 3 aromatic heterocycles. The van der Waals surface area contributed by atoms with Gasteiger partial charge in [0.25, 0.3) is 11.5 Å². The number of aryl methyl sites for hydroxylation is 1. The van der Waals surface area contributed by atoms with Gasteiger partial charge in [-0.25, -0.2) is 9.97 Å². The van der Waals surface area contributed by atoms with Crippen LogP contribution >= 0.6 is 11.6 Å². The van der Waals surface area contributed by atoms with Gasteiger partial charge in [0.05, 0.1) is 22.0 Å². The highest BCUT2D eigenvalue weighted by Gasteiger charge is 2.49. The molecule has 1 unspecified atom stereocenters. The van der Waals surface area contributed by atoms with E-state index in [2.05, 4.69) is 31.9 Å². The molecule has 1 fully saturated rings. The van der Waals surface area contributed by atoms with Crippen LogP contribution in [0.15, 0.2) is 35.9 Å². The SMILES string of the molecule is C=C(CN(C)C)c1nc2n(CC(=O)Nc3ccc(C(F)(F)F)cc3Cl)c3c(c(=O)n2n1)C1(CCN(C(=O)c2ncnc(C)c2O)CC1)CC3C. The molecule has 264 valence electrons. The Morgan fingerprint density at radius 3 is 2.54 bits per heavy atom. The standard InChI is InChI=1S/C33H35ClF3N9O4/c1-17-13-32(8-10-44(11-9-32)30(50)25-27(48)19(3)38-16-39-25)24-26(17)45(31-41-28(18(2)14-43(4)5)42-46(31)29(24)49)15-23(47)40-22-7-6-20(12-21(22)34)33(35,36)37/h6-7,12,16-17,48H,2,8-11,13-15H2,1,3-5H3,(H,40,47). The Bertz CT molecular complexity index is 2100. The third-order valence-electron chi connectivity index (χ3n) is 9.39. The van der Waals surface area contributed by atoms with E-state index in [0.29, 0.717) is 42.6 Å². The van der Waals surface area contributed by atoms with Crippen LogP contribution < -0.4 is 10.9 Å². The molecule has 2 N–H and O–H groups in total. The van der Waals surface area contributed by atoms with Gasteiger partial charge in [-0.15, -0.1) is 5.10 Å². The number of hydrogen-bond donors (Lipinski definition) is 2. The quantitative estimate of drug-likeness (QED) is 0.286. The highest BCUT2D eigenvalue weighted by Crippen LogP contribution is 2.50. The summed E-state index contributed by atoms with van der Waals surface area (Å²) in [5, 5.41) is 17.3. The maximum Gasteiger partial charge on any atom is 0.416 e. The highest BCUT2D eigenvalue weighted by atomic mass is 35.5. The van der Waals surface area contributed by atoms with Crippen molar-refractivity contribution in [1.29, 1.82) is 0 Å². The number of amides is 2. The normalized spacial score (nSPS) is 17.1. The second-order valence-corrected chi connectivity index (χ2v) is 13.6. The number of fused-ring (bicyclic) bond motifs is 3. The van der Waals surface area contributed by atoms with E-state index in [1.165, 1.54) is 10.8 Å². The van der Waals surface area contributed by atoms with Crippen LogP contribution in [0.25, 0.3) is 11.4 Å². The molecule has 4 aromatic rings. The number of piperidine rings is 1. The summed E-state index contributed by atoms with van der Waals surface area (Å²) >= 11 is 6.13. The topological polar surface area (TPSA) is 151 Å². The number of likely N-dealkylation sites (N-methyl/N-ethyl adjacent to an activating group) is 1. The number of alkyl halides is 3. The number of aromatic hydroxyl groups is 1. The van der Waals surface area contributed by atoms with Crippen molar-refractivity contribution < 1.29 is 27.9 Å². The molecule has 17 heteroatoms. The molecular formula is C33H35ClF3N9O4. The fourth-order valence-corrected chi connectivity index (χ4v) is 7.35. The molecule has 2 aliphatic rings. The number of rotatable bonds is 7. The minimum atomic E-state index is -4.61. The van der Waals surface area contributed by atoms with E-state index in [1.54, 1.807) is 16.4 Å². The van der Waals surface area contributed by atoms with Gasteiger partial charge >= 0.3 is 6.18 Å². The Kier molecular flexibility index (Phi) is 8.97. The molecule has 2 amide bonds. The first-order valence-electron chi connectivity index (χ1n) is 15.8. The van der Waals surface area contributed by atoms with Crippen molar-refractivity contribution in [2.45, 2.75) is 57.2 Å². The molecule has 1 aliphatic heterocycles. The Hall–Kier alpha value is -4.83. The van der Waals surface area contributed by atoms with Gasteiger partial charge in [0.15, 0.2) is 17.3 Å². The Morgan fingerprint density at radius 2 is 1.90 bits per heavy atom. The van der Waals surface area contributed by atoms with Gasteiger partial charge in [0.2, 0.25) is 11.7 Å². The zero-order chi connectivity index (χ0) is 36.3. The number of nitrogens with one attached hydrogen (secondary N) is 1. The molecule has 1 aromatic carbocycles. The minimum absolute atomic E-state index is 0.00799. The van der Waals surface area contributed by atoms with Crippen LogP contribution in [0, 0.1) is 6.92 Å². The lowest BCUT2D eigenvalue weighted by atomic mass is 9.73. The number of carbonyl (C=O) groups is 2. The monoisotopic (exact) mass is 713 g/mol. The lowest BCUT2D eigenvalue weighted by molar-refractivity contribution is -0.137. The lowest BCUT2D eigenvalue weighted by Crippen LogP contribution is -2.46.